The van der Waals surface area contributed by atoms with Crippen LogP contribution in [0.25, 0.3) is 0 Å². The number of methoxy groups -OCH3 is 1. The smallest absolute Gasteiger partial charge is 0.328 e. The first-order chi connectivity index (χ1) is 13.7. The van der Waals surface area contributed by atoms with Crippen LogP contribution in [0, 0.1) is 11.8 Å². The summed E-state index contributed by atoms with van der Waals surface area (Å²) in [4.78, 5) is 39.3. The van der Waals surface area contributed by atoms with Crippen LogP contribution in [0.1, 0.15) is 59.8 Å². The highest BCUT2D eigenvalue weighted by atomic mass is 16.5. The molecule has 29 heavy (non-hydrogen) atoms. The van der Waals surface area contributed by atoms with Crippen molar-refractivity contribution in [3.05, 3.63) is 12.2 Å². The van der Waals surface area contributed by atoms with E-state index in [4.69, 9.17) is 4.74 Å². The molecule has 166 valence electrons. The van der Waals surface area contributed by atoms with E-state index >= 15 is 0 Å². The van der Waals surface area contributed by atoms with Gasteiger partial charge in [0.05, 0.1) is 13.0 Å². The summed E-state index contributed by atoms with van der Waals surface area (Å²) in [6, 6.07) is -0.976. The summed E-state index contributed by atoms with van der Waals surface area (Å²) in [7, 11) is 3.23. The van der Waals surface area contributed by atoms with Gasteiger partial charge in [-0.15, -0.1) is 0 Å². The average molecular weight is 410 g/mol. The number of rotatable bonds is 11. The molecule has 0 aromatic carbocycles. The molecule has 0 bridgehead atoms. The molecule has 4 atom stereocenters. The molecule has 0 radical (unpaired) electrons. The number of carbonyl (C=O) groups is 3. The van der Waals surface area contributed by atoms with Crippen LogP contribution in [0.15, 0.2) is 12.2 Å². The van der Waals surface area contributed by atoms with Gasteiger partial charge in [0.1, 0.15) is 12.1 Å². The fourth-order valence-electron chi connectivity index (χ4n) is 3.70. The summed E-state index contributed by atoms with van der Waals surface area (Å²) < 4.78 is 4.78. The van der Waals surface area contributed by atoms with Gasteiger partial charge in [-0.2, -0.15) is 0 Å². The van der Waals surface area contributed by atoms with Gasteiger partial charge in [0.2, 0.25) is 11.8 Å². The van der Waals surface area contributed by atoms with E-state index in [1.165, 1.54) is 7.11 Å². The van der Waals surface area contributed by atoms with Crippen molar-refractivity contribution in [2.75, 3.05) is 20.7 Å². The summed E-state index contributed by atoms with van der Waals surface area (Å²) in [5.74, 6) is -0.526. The number of hydrogen-bond donors (Lipinski definition) is 2. The Kier molecular flexibility index (Phi) is 10.9. The van der Waals surface area contributed by atoms with E-state index in [1.807, 2.05) is 33.0 Å². The van der Waals surface area contributed by atoms with Gasteiger partial charge in [-0.25, -0.2) is 4.79 Å². The summed E-state index contributed by atoms with van der Waals surface area (Å²) in [5.41, 5.74) is 0. The lowest BCUT2D eigenvalue weighted by atomic mass is 10.0. The lowest BCUT2D eigenvalue weighted by Crippen LogP contribution is -2.51. The minimum absolute atomic E-state index is 0.0524. The van der Waals surface area contributed by atoms with Crippen LogP contribution in [0.2, 0.25) is 0 Å². The van der Waals surface area contributed by atoms with E-state index in [-0.39, 0.29) is 23.8 Å². The number of nitrogens with zero attached hydrogens (tertiary/aromatic N) is 1. The lowest BCUT2D eigenvalue weighted by molar-refractivity contribution is -0.146. The quantitative estimate of drug-likeness (QED) is 0.404. The first-order valence-corrected chi connectivity index (χ1v) is 10.8. The second kappa shape index (κ2) is 12.6. The predicted molar refractivity (Wildman–Crippen MR) is 114 cm³/mol. The molecular formula is C22H39N3O4. The van der Waals surface area contributed by atoms with Gasteiger partial charge in [0, 0.05) is 12.6 Å². The van der Waals surface area contributed by atoms with Gasteiger partial charge in [-0.05, 0) is 38.6 Å². The maximum Gasteiger partial charge on any atom is 0.328 e. The SMILES string of the molecule is CCC[C@H](NC(=O)C1CCCN1C(=O)[C@@H](C)/C=C/[C@H](CC(C)C)NC)C(=O)OC. The Labute approximate surface area is 175 Å². The molecule has 0 aromatic rings. The number of esters is 1. The minimum atomic E-state index is -0.667. The van der Waals surface area contributed by atoms with Crippen molar-refractivity contribution in [1.82, 2.24) is 15.5 Å². The van der Waals surface area contributed by atoms with Gasteiger partial charge < -0.3 is 20.3 Å². The van der Waals surface area contributed by atoms with Crippen LogP contribution in [0.5, 0.6) is 0 Å². The normalized spacial score (nSPS) is 20.0. The molecule has 0 aliphatic carbocycles. The molecule has 1 aliphatic heterocycles. The summed E-state index contributed by atoms with van der Waals surface area (Å²) in [5, 5.41) is 6.03. The summed E-state index contributed by atoms with van der Waals surface area (Å²) >= 11 is 0. The van der Waals surface area contributed by atoms with E-state index in [0.29, 0.717) is 25.3 Å². The zero-order valence-electron chi connectivity index (χ0n) is 18.9. The van der Waals surface area contributed by atoms with E-state index in [9.17, 15) is 14.4 Å². The van der Waals surface area contributed by atoms with Gasteiger partial charge in [-0.3, -0.25) is 9.59 Å². The van der Waals surface area contributed by atoms with Crippen molar-refractivity contribution in [1.29, 1.82) is 0 Å². The minimum Gasteiger partial charge on any atom is -0.467 e. The molecule has 1 fully saturated rings. The highest BCUT2D eigenvalue weighted by molar-refractivity contribution is 5.92. The highest BCUT2D eigenvalue weighted by Crippen LogP contribution is 2.21. The number of ether oxygens (including phenoxy) is 1. The maximum absolute atomic E-state index is 13.0. The molecule has 1 aliphatic rings. The van der Waals surface area contributed by atoms with E-state index in [1.54, 1.807) is 4.90 Å². The van der Waals surface area contributed by atoms with Crippen LogP contribution in [-0.2, 0) is 19.1 Å². The third-order valence-corrected chi connectivity index (χ3v) is 5.34. The van der Waals surface area contributed by atoms with Gasteiger partial charge in [0.15, 0.2) is 0 Å². The molecule has 1 rings (SSSR count). The molecule has 1 unspecified atom stereocenters. The van der Waals surface area contributed by atoms with Crippen molar-refractivity contribution in [2.45, 2.75) is 77.9 Å². The first-order valence-electron chi connectivity index (χ1n) is 10.8. The van der Waals surface area contributed by atoms with Gasteiger partial charge in [-0.1, -0.05) is 46.3 Å². The number of hydrogen-bond acceptors (Lipinski definition) is 5. The molecule has 7 heteroatoms. The molecule has 1 heterocycles. The number of amides is 2. The van der Waals surface area contributed by atoms with Crippen molar-refractivity contribution in [3.63, 3.8) is 0 Å². The summed E-state index contributed by atoms with van der Waals surface area (Å²) in [6.07, 6.45) is 7.62. The fraction of sp³-hybridized carbons (Fsp3) is 0.773. The number of likely N-dealkylation sites (tertiary alicyclic amines) is 1. The maximum atomic E-state index is 13.0. The number of likely N-dealkylation sites (N-methyl/N-ethyl adjacent to an activating group) is 1. The van der Waals surface area contributed by atoms with E-state index in [2.05, 4.69) is 24.5 Å². The molecule has 0 saturated carbocycles. The largest absolute Gasteiger partial charge is 0.467 e. The van der Waals surface area contributed by atoms with Gasteiger partial charge in [0.25, 0.3) is 0 Å². The van der Waals surface area contributed by atoms with Gasteiger partial charge >= 0.3 is 5.97 Å². The van der Waals surface area contributed by atoms with E-state index < -0.39 is 18.1 Å². The summed E-state index contributed by atoms with van der Waals surface area (Å²) in [6.45, 7) is 8.70. The standard InChI is InChI=1S/C22H39N3O4/c1-7-9-18(22(28)29-6)24-20(26)19-10-8-13-25(19)21(27)16(4)11-12-17(23-5)14-15(2)3/h11-12,15-19,23H,7-10,13-14H2,1-6H3,(H,24,26)/b12-11+/t16-,17+,18-,19?/m0/s1. The Hall–Kier alpha value is -1.89. The van der Waals surface area contributed by atoms with Crippen molar-refractivity contribution in [3.8, 4) is 0 Å². The zero-order chi connectivity index (χ0) is 22.0. The Morgan fingerprint density at radius 3 is 2.45 bits per heavy atom. The molecule has 2 amide bonds. The van der Waals surface area contributed by atoms with E-state index in [0.717, 1.165) is 19.3 Å². The average Bonchev–Trinajstić information content (AvgIpc) is 3.18. The van der Waals surface area contributed by atoms with Crippen molar-refractivity contribution < 1.29 is 19.1 Å². The number of carbonyl (C=O) groups excluding carboxylic acids is 3. The Morgan fingerprint density at radius 1 is 1.21 bits per heavy atom. The topological polar surface area (TPSA) is 87.7 Å². The predicted octanol–water partition coefficient (Wildman–Crippen LogP) is 2.26. The van der Waals surface area contributed by atoms with Crippen LogP contribution < -0.4 is 10.6 Å². The van der Waals surface area contributed by atoms with Crippen LogP contribution >= 0.6 is 0 Å². The second-order valence-electron chi connectivity index (χ2n) is 8.26. The third kappa shape index (κ3) is 7.80. The molecular weight excluding hydrogens is 370 g/mol. The Balaban J connectivity index is 2.77. The van der Waals surface area contributed by atoms with Crippen molar-refractivity contribution >= 4 is 17.8 Å². The molecule has 0 spiro atoms. The Morgan fingerprint density at radius 2 is 1.90 bits per heavy atom. The van der Waals surface area contributed by atoms with Crippen LogP contribution in [0.3, 0.4) is 0 Å². The lowest BCUT2D eigenvalue weighted by Gasteiger charge is -2.27. The zero-order valence-corrected chi connectivity index (χ0v) is 18.9. The monoisotopic (exact) mass is 409 g/mol. The second-order valence-corrected chi connectivity index (χ2v) is 8.26. The third-order valence-electron chi connectivity index (χ3n) is 5.34. The van der Waals surface area contributed by atoms with Crippen molar-refractivity contribution in [2.24, 2.45) is 11.8 Å². The Bertz CT molecular complexity index is 576. The fourth-order valence-corrected chi connectivity index (χ4v) is 3.70. The highest BCUT2D eigenvalue weighted by Gasteiger charge is 2.36. The van der Waals surface area contributed by atoms with Crippen LogP contribution in [0.4, 0.5) is 0 Å². The molecule has 2 N–H and O–H groups in total. The molecule has 1 saturated heterocycles. The van der Waals surface area contributed by atoms with Crippen LogP contribution in [-0.4, -0.2) is 61.5 Å². The first kappa shape index (κ1) is 25.1. The molecule has 7 nitrogen and oxygen atoms in total. The number of nitrogens with one attached hydrogen (secondary N) is 2. The molecule has 0 aromatic heterocycles.